The second-order valence-electron chi connectivity index (χ2n) is 7.87. The number of sulfone groups is 1. The summed E-state index contributed by atoms with van der Waals surface area (Å²) in [6.45, 7) is 8.43. The summed E-state index contributed by atoms with van der Waals surface area (Å²) in [6.07, 6.45) is 3.25. The summed E-state index contributed by atoms with van der Waals surface area (Å²) in [5.74, 6) is 0.517. The number of carbonyl (C=O) groups is 1. The molecule has 2 fully saturated rings. The van der Waals surface area contributed by atoms with Crippen LogP contribution >= 0.6 is 0 Å². The summed E-state index contributed by atoms with van der Waals surface area (Å²) in [5, 5.41) is 3.41. The van der Waals surface area contributed by atoms with Crippen molar-refractivity contribution in [2.45, 2.75) is 77.1 Å². The van der Waals surface area contributed by atoms with Gasteiger partial charge in [0.1, 0.15) is 5.60 Å². The molecule has 2 rings (SSSR count). The largest absolute Gasteiger partial charge is 0.444 e. The van der Waals surface area contributed by atoms with Gasteiger partial charge in [-0.1, -0.05) is 0 Å². The lowest BCUT2D eigenvalue weighted by atomic mass is 10.1. The van der Waals surface area contributed by atoms with Crippen LogP contribution in [0.1, 0.15) is 53.4 Å². The maximum Gasteiger partial charge on any atom is 0.410 e. The van der Waals surface area contributed by atoms with E-state index in [1.807, 2.05) is 25.7 Å². The Morgan fingerprint density at radius 3 is 2.61 bits per heavy atom. The predicted molar refractivity (Wildman–Crippen MR) is 90.2 cm³/mol. The molecule has 2 aliphatic rings. The highest BCUT2D eigenvalue weighted by Crippen LogP contribution is 2.24. The van der Waals surface area contributed by atoms with E-state index in [0.29, 0.717) is 6.42 Å². The van der Waals surface area contributed by atoms with Gasteiger partial charge in [0.05, 0.1) is 11.5 Å². The first-order valence-corrected chi connectivity index (χ1v) is 10.3. The normalized spacial score (nSPS) is 28.8. The van der Waals surface area contributed by atoms with Crippen LogP contribution in [0.15, 0.2) is 0 Å². The summed E-state index contributed by atoms with van der Waals surface area (Å²) in [6, 6.07) is 0.401. The van der Waals surface area contributed by atoms with Gasteiger partial charge in [-0.05, 0) is 53.4 Å². The molecule has 2 heterocycles. The average molecular weight is 346 g/mol. The van der Waals surface area contributed by atoms with Crippen LogP contribution in [0.2, 0.25) is 0 Å². The first-order chi connectivity index (χ1) is 10.6. The number of hydrogen-bond acceptors (Lipinski definition) is 5. The van der Waals surface area contributed by atoms with Crippen LogP contribution in [0.5, 0.6) is 0 Å². The second-order valence-corrected chi connectivity index (χ2v) is 10.1. The van der Waals surface area contributed by atoms with Crippen molar-refractivity contribution in [3.8, 4) is 0 Å². The molecule has 0 aromatic carbocycles. The monoisotopic (exact) mass is 346 g/mol. The molecule has 2 saturated heterocycles. The van der Waals surface area contributed by atoms with Crippen LogP contribution in [-0.2, 0) is 14.6 Å². The van der Waals surface area contributed by atoms with Gasteiger partial charge in [-0.3, -0.25) is 0 Å². The third-order valence-electron chi connectivity index (χ3n) is 4.38. The average Bonchev–Trinajstić information content (AvgIpc) is 2.93. The van der Waals surface area contributed by atoms with E-state index in [0.717, 1.165) is 25.8 Å². The zero-order valence-corrected chi connectivity index (χ0v) is 15.5. The highest BCUT2D eigenvalue weighted by molar-refractivity contribution is 7.91. The molecule has 23 heavy (non-hydrogen) atoms. The van der Waals surface area contributed by atoms with E-state index in [1.54, 1.807) is 0 Å². The molecule has 0 radical (unpaired) electrons. The van der Waals surface area contributed by atoms with Gasteiger partial charge in [0.2, 0.25) is 0 Å². The molecule has 0 spiro atoms. The van der Waals surface area contributed by atoms with Crippen molar-refractivity contribution in [1.29, 1.82) is 0 Å². The molecule has 3 unspecified atom stereocenters. The molecule has 1 amide bonds. The lowest BCUT2D eigenvalue weighted by molar-refractivity contribution is 0.0214. The van der Waals surface area contributed by atoms with Gasteiger partial charge in [-0.2, -0.15) is 0 Å². The molecule has 1 N–H and O–H groups in total. The smallest absolute Gasteiger partial charge is 0.410 e. The Hall–Kier alpha value is -0.820. The molecular formula is C16H30N2O4S. The molecular weight excluding hydrogens is 316 g/mol. The fraction of sp³-hybridized carbons (Fsp3) is 0.938. The summed E-state index contributed by atoms with van der Waals surface area (Å²) >= 11 is 0. The Bertz CT molecular complexity index is 527. The lowest BCUT2D eigenvalue weighted by Gasteiger charge is -2.30. The van der Waals surface area contributed by atoms with Gasteiger partial charge in [0.15, 0.2) is 9.84 Å². The zero-order chi connectivity index (χ0) is 17.3. The van der Waals surface area contributed by atoms with Crippen LogP contribution in [-0.4, -0.2) is 61.2 Å². The quantitative estimate of drug-likeness (QED) is 0.842. The van der Waals surface area contributed by atoms with E-state index >= 15 is 0 Å². The van der Waals surface area contributed by atoms with E-state index in [2.05, 4.69) is 12.2 Å². The fourth-order valence-electron chi connectivity index (χ4n) is 3.45. The summed E-state index contributed by atoms with van der Waals surface area (Å²) < 4.78 is 28.5. The van der Waals surface area contributed by atoms with Gasteiger partial charge >= 0.3 is 6.09 Å². The van der Waals surface area contributed by atoms with E-state index in [-0.39, 0.29) is 35.7 Å². The number of hydrogen-bond donors (Lipinski definition) is 1. The molecule has 0 aromatic heterocycles. The molecule has 0 saturated carbocycles. The maximum absolute atomic E-state index is 12.3. The Morgan fingerprint density at radius 1 is 1.35 bits per heavy atom. The van der Waals surface area contributed by atoms with Crippen LogP contribution in [0.4, 0.5) is 4.79 Å². The summed E-state index contributed by atoms with van der Waals surface area (Å²) in [4.78, 5) is 14.1. The first-order valence-electron chi connectivity index (χ1n) is 8.52. The fourth-order valence-corrected chi connectivity index (χ4v) is 5.13. The van der Waals surface area contributed by atoms with Crippen molar-refractivity contribution in [3.05, 3.63) is 0 Å². The summed E-state index contributed by atoms with van der Waals surface area (Å²) in [5.41, 5.74) is -0.480. The third-order valence-corrected chi connectivity index (χ3v) is 6.15. The number of nitrogens with zero attached hydrogens (tertiary/aromatic N) is 1. The standard InChI is InChI=1S/C16H30N2O4S/c1-12(17-13-7-9-23(20,21)11-13)10-14-6-5-8-18(14)15(19)22-16(2,3)4/h12-14,17H,5-11H2,1-4H3. The number of likely N-dealkylation sites (tertiary alicyclic amines) is 1. The third kappa shape index (κ3) is 5.64. The second kappa shape index (κ2) is 6.97. The van der Waals surface area contributed by atoms with E-state index < -0.39 is 15.4 Å². The zero-order valence-electron chi connectivity index (χ0n) is 14.7. The molecule has 2 aliphatic heterocycles. The van der Waals surface area contributed by atoms with Crippen molar-refractivity contribution >= 4 is 15.9 Å². The van der Waals surface area contributed by atoms with Gasteiger partial charge in [0.25, 0.3) is 0 Å². The van der Waals surface area contributed by atoms with Crippen molar-refractivity contribution in [2.24, 2.45) is 0 Å². The number of amides is 1. The van der Waals surface area contributed by atoms with Crippen molar-refractivity contribution in [1.82, 2.24) is 10.2 Å². The summed E-state index contributed by atoms with van der Waals surface area (Å²) in [7, 11) is -2.86. The van der Waals surface area contributed by atoms with Crippen molar-refractivity contribution in [3.63, 3.8) is 0 Å². The minimum absolute atomic E-state index is 0.0476. The Kier molecular flexibility index (Phi) is 5.61. The molecule has 0 aliphatic carbocycles. The first kappa shape index (κ1) is 18.5. The van der Waals surface area contributed by atoms with Crippen molar-refractivity contribution < 1.29 is 17.9 Å². The molecule has 6 nitrogen and oxygen atoms in total. The molecule has 0 bridgehead atoms. The van der Waals surface area contributed by atoms with Gasteiger partial charge in [0, 0.05) is 24.7 Å². The maximum atomic E-state index is 12.3. The number of nitrogens with one attached hydrogen (secondary N) is 1. The number of ether oxygens (including phenoxy) is 1. The van der Waals surface area contributed by atoms with Gasteiger partial charge in [-0.25, -0.2) is 13.2 Å². The Morgan fingerprint density at radius 2 is 2.04 bits per heavy atom. The number of rotatable bonds is 4. The van der Waals surface area contributed by atoms with Crippen LogP contribution in [0.25, 0.3) is 0 Å². The SMILES string of the molecule is CC(CC1CCCN1C(=O)OC(C)(C)C)NC1CCS(=O)(=O)C1. The van der Waals surface area contributed by atoms with Gasteiger partial charge in [-0.15, -0.1) is 0 Å². The molecule has 134 valence electrons. The molecule has 0 aromatic rings. The predicted octanol–water partition coefficient (Wildman–Crippen LogP) is 1.94. The Labute approximate surface area is 139 Å². The van der Waals surface area contributed by atoms with E-state index in [9.17, 15) is 13.2 Å². The number of carbonyl (C=O) groups excluding carboxylic acids is 1. The van der Waals surface area contributed by atoms with Crippen LogP contribution < -0.4 is 5.32 Å². The highest BCUT2D eigenvalue weighted by Gasteiger charge is 2.34. The molecule has 3 atom stereocenters. The van der Waals surface area contributed by atoms with E-state index in [1.165, 1.54) is 0 Å². The van der Waals surface area contributed by atoms with Gasteiger partial charge < -0.3 is 15.0 Å². The minimum atomic E-state index is -2.86. The van der Waals surface area contributed by atoms with Crippen molar-refractivity contribution in [2.75, 3.05) is 18.1 Å². The van der Waals surface area contributed by atoms with Crippen LogP contribution in [0, 0.1) is 0 Å². The Balaban J connectivity index is 1.84. The molecule has 7 heteroatoms. The minimum Gasteiger partial charge on any atom is -0.444 e. The van der Waals surface area contributed by atoms with E-state index in [4.69, 9.17) is 4.74 Å². The topological polar surface area (TPSA) is 75.7 Å². The van der Waals surface area contributed by atoms with Crippen LogP contribution in [0.3, 0.4) is 0 Å². The lowest BCUT2D eigenvalue weighted by Crippen LogP contribution is -2.44. The highest BCUT2D eigenvalue weighted by atomic mass is 32.2.